The molecule has 0 aromatic heterocycles. The summed E-state index contributed by atoms with van der Waals surface area (Å²) in [7, 11) is 0. The van der Waals surface area contributed by atoms with Crippen molar-refractivity contribution >= 4 is 11.8 Å². The number of amides is 2. The first-order chi connectivity index (χ1) is 16.6. The lowest BCUT2D eigenvalue weighted by Gasteiger charge is -2.45. The van der Waals surface area contributed by atoms with Crippen LogP contribution in [0, 0.1) is 0 Å². The van der Waals surface area contributed by atoms with Crippen molar-refractivity contribution in [2.75, 3.05) is 19.8 Å². The highest BCUT2D eigenvalue weighted by Crippen LogP contribution is 2.46. The topological polar surface area (TPSA) is 67.9 Å². The molecule has 3 heterocycles. The fourth-order valence-electron chi connectivity index (χ4n) is 5.47. The van der Waals surface area contributed by atoms with Gasteiger partial charge in [0.1, 0.15) is 13.2 Å². The van der Waals surface area contributed by atoms with Crippen LogP contribution in [0.3, 0.4) is 0 Å². The predicted octanol–water partition coefficient (Wildman–Crippen LogP) is 4.17. The van der Waals surface area contributed by atoms with E-state index in [2.05, 4.69) is 17.4 Å². The Morgan fingerprint density at radius 2 is 1.71 bits per heavy atom. The van der Waals surface area contributed by atoms with Gasteiger partial charge in [-0.15, -0.1) is 0 Å². The third-order valence-electron chi connectivity index (χ3n) is 7.14. The highest BCUT2D eigenvalue weighted by atomic mass is 16.6. The summed E-state index contributed by atoms with van der Waals surface area (Å²) in [6, 6.07) is 20.9. The fraction of sp³-hybridized carbons (Fsp3) is 0.286. The van der Waals surface area contributed by atoms with Crippen LogP contribution in [-0.2, 0) is 11.2 Å². The number of nitrogens with one attached hydrogen (secondary N) is 1. The molecule has 3 unspecified atom stereocenters. The zero-order valence-electron chi connectivity index (χ0n) is 19.0. The van der Waals surface area contributed by atoms with Gasteiger partial charge < -0.3 is 19.7 Å². The van der Waals surface area contributed by atoms with Gasteiger partial charge in [0.05, 0.1) is 18.0 Å². The first kappa shape index (κ1) is 20.8. The smallest absolute Gasteiger partial charge is 0.254 e. The summed E-state index contributed by atoms with van der Waals surface area (Å²) in [6.07, 6.45) is 0.794. The highest BCUT2D eigenvalue weighted by Gasteiger charge is 2.46. The van der Waals surface area contributed by atoms with E-state index in [4.69, 9.17) is 9.47 Å². The molecule has 3 atom stereocenters. The first-order valence-corrected chi connectivity index (χ1v) is 11.8. The molecule has 0 spiro atoms. The number of hydrogen-bond acceptors (Lipinski definition) is 4. The third kappa shape index (κ3) is 3.33. The van der Waals surface area contributed by atoms with Crippen LogP contribution in [0.5, 0.6) is 11.5 Å². The Hall–Kier alpha value is -3.80. The van der Waals surface area contributed by atoms with E-state index < -0.39 is 5.92 Å². The van der Waals surface area contributed by atoms with Crippen molar-refractivity contribution in [3.8, 4) is 11.5 Å². The van der Waals surface area contributed by atoms with Crippen LogP contribution in [0.2, 0.25) is 0 Å². The molecule has 0 aliphatic carbocycles. The first-order valence-electron chi connectivity index (χ1n) is 11.8. The second kappa shape index (κ2) is 8.20. The van der Waals surface area contributed by atoms with Gasteiger partial charge in [-0.3, -0.25) is 9.59 Å². The van der Waals surface area contributed by atoms with Gasteiger partial charge in [0.2, 0.25) is 5.91 Å². The van der Waals surface area contributed by atoms with Crippen molar-refractivity contribution in [2.24, 2.45) is 0 Å². The molecule has 0 radical (unpaired) electrons. The summed E-state index contributed by atoms with van der Waals surface area (Å²) in [5.74, 6) is 0.844. The summed E-state index contributed by atoms with van der Waals surface area (Å²) >= 11 is 0. The lowest BCUT2D eigenvalue weighted by atomic mass is 9.75. The number of benzene rings is 3. The van der Waals surface area contributed by atoms with Crippen LogP contribution in [0.4, 0.5) is 0 Å². The number of ether oxygens (including phenoxy) is 2. The molecule has 1 N–H and O–H groups in total. The maximum Gasteiger partial charge on any atom is 0.254 e. The third-order valence-corrected chi connectivity index (χ3v) is 7.14. The van der Waals surface area contributed by atoms with E-state index in [-0.39, 0.29) is 23.9 Å². The molecule has 34 heavy (non-hydrogen) atoms. The van der Waals surface area contributed by atoms with Gasteiger partial charge in [0, 0.05) is 12.1 Å². The summed E-state index contributed by atoms with van der Waals surface area (Å²) < 4.78 is 11.3. The minimum atomic E-state index is -0.491. The summed E-state index contributed by atoms with van der Waals surface area (Å²) in [5.41, 5.74) is 4.61. The van der Waals surface area contributed by atoms with Gasteiger partial charge in [-0.05, 0) is 53.8 Å². The number of carbonyl (C=O) groups is 2. The zero-order valence-corrected chi connectivity index (χ0v) is 19.0. The van der Waals surface area contributed by atoms with E-state index in [9.17, 15) is 9.59 Å². The number of fused-ring (bicyclic) bond motifs is 5. The van der Waals surface area contributed by atoms with Gasteiger partial charge >= 0.3 is 0 Å². The molecule has 3 aromatic rings. The number of hydrogen-bond donors (Lipinski definition) is 1. The van der Waals surface area contributed by atoms with E-state index in [1.807, 2.05) is 66.4 Å². The zero-order chi connectivity index (χ0) is 23.2. The van der Waals surface area contributed by atoms with Gasteiger partial charge in [-0.25, -0.2) is 0 Å². The molecular weight excluding hydrogens is 428 g/mol. The van der Waals surface area contributed by atoms with Gasteiger partial charge in [0.15, 0.2) is 11.5 Å². The molecule has 2 amide bonds. The molecule has 3 aliphatic heterocycles. The lowest BCUT2D eigenvalue weighted by Crippen LogP contribution is -2.50. The Labute approximate surface area is 198 Å². The van der Waals surface area contributed by atoms with Crippen molar-refractivity contribution in [3.63, 3.8) is 0 Å². The van der Waals surface area contributed by atoms with Crippen molar-refractivity contribution in [1.82, 2.24) is 10.2 Å². The van der Waals surface area contributed by atoms with Crippen molar-refractivity contribution in [2.45, 2.75) is 31.3 Å². The average Bonchev–Trinajstić information content (AvgIpc) is 2.88. The number of carbonyl (C=O) groups excluding carboxylic acids is 2. The lowest BCUT2D eigenvalue weighted by molar-refractivity contribution is -0.125. The Morgan fingerprint density at radius 1 is 0.971 bits per heavy atom. The standard InChI is InChI=1S/C28H26N2O4/c1-17(19-10-11-23-24(16-19)34-15-14-33-23)29-27(31)25-21-8-4-5-9-22(21)28(32)30-13-12-18-6-2-3-7-20(18)26(25)30/h2-11,16-17,25-26H,12-15H2,1H3,(H,29,31). The maximum absolute atomic E-state index is 13.9. The van der Waals surface area contributed by atoms with E-state index >= 15 is 0 Å². The molecular formula is C28H26N2O4. The maximum atomic E-state index is 13.9. The van der Waals surface area contributed by atoms with Crippen LogP contribution < -0.4 is 14.8 Å². The molecule has 0 saturated heterocycles. The Kier molecular flexibility index (Phi) is 5.01. The summed E-state index contributed by atoms with van der Waals surface area (Å²) in [4.78, 5) is 29.2. The summed E-state index contributed by atoms with van der Waals surface area (Å²) in [5, 5.41) is 3.22. The van der Waals surface area contributed by atoms with Gasteiger partial charge in [-0.2, -0.15) is 0 Å². The highest BCUT2D eigenvalue weighted by molar-refractivity contribution is 6.01. The van der Waals surface area contributed by atoms with Crippen LogP contribution in [0.1, 0.15) is 57.5 Å². The fourth-order valence-corrected chi connectivity index (χ4v) is 5.47. The predicted molar refractivity (Wildman–Crippen MR) is 127 cm³/mol. The van der Waals surface area contributed by atoms with E-state index in [0.717, 1.165) is 28.9 Å². The molecule has 0 fully saturated rings. The van der Waals surface area contributed by atoms with Crippen LogP contribution in [0.15, 0.2) is 66.7 Å². The Balaban J connectivity index is 1.36. The van der Waals surface area contributed by atoms with Crippen LogP contribution in [0.25, 0.3) is 0 Å². The quantitative estimate of drug-likeness (QED) is 0.645. The Morgan fingerprint density at radius 3 is 2.56 bits per heavy atom. The van der Waals surface area contributed by atoms with Gasteiger partial charge in [0.25, 0.3) is 5.91 Å². The molecule has 6 rings (SSSR count). The second-order valence-corrected chi connectivity index (χ2v) is 9.09. The molecule has 0 saturated carbocycles. The minimum absolute atomic E-state index is 0.000891. The van der Waals surface area contributed by atoms with Crippen molar-refractivity contribution in [3.05, 3.63) is 94.5 Å². The van der Waals surface area contributed by atoms with E-state index in [1.54, 1.807) is 0 Å². The van der Waals surface area contributed by atoms with Gasteiger partial charge in [-0.1, -0.05) is 48.5 Å². The average molecular weight is 455 g/mol. The monoisotopic (exact) mass is 454 g/mol. The molecule has 172 valence electrons. The molecule has 6 nitrogen and oxygen atoms in total. The summed E-state index contributed by atoms with van der Waals surface area (Å²) in [6.45, 7) is 3.63. The van der Waals surface area contributed by atoms with Crippen LogP contribution >= 0.6 is 0 Å². The normalized spacial score (nSPS) is 21.1. The number of nitrogens with zero attached hydrogens (tertiary/aromatic N) is 1. The van der Waals surface area contributed by atoms with Crippen molar-refractivity contribution < 1.29 is 19.1 Å². The SMILES string of the molecule is CC(NC(=O)C1c2ccccc2C(=O)N2CCc3ccccc3C12)c1ccc2c(c1)OCCO2. The molecule has 3 aromatic carbocycles. The van der Waals surface area contributed by atoms with Crippen molar-refractivity contribution in [1.29, 1.82) is 0 Å². The minimum Gasteiger partial charge on any atom is -0.486 e. The van der Waals surface area contributed by atoms with E-state index in [0.29, 0.717) is 31.1 Å². The largest absolute Gasteiger partial charge is 0.486 e. The van der Waals surface area contributed by atoms with E-state index in [1.165, 1.54) is 5.56 Å². The second-order valence-electron chi connectivity index (χ2n) is 9.09. The number of rotatable bonds is 3. The Bertz CT molecular complexity index is 1290. The molecule has 6 heteroatoms. The molecule has 3 aliphatic rings. The molecule has 0 bridgehead atoms. The van der Waals surface area contributed by atoms with Crippen LogP contribution in [-0.4, -0.2) is 36.5 Å².